The van der Waals surface area contributed by atoms with Crippen LogP contribution in [0.3, 0.4) is 0 Å². The third-order valence-corrected chi connectivity index (χ3v) is 10.9. The predicted molar refractivity (Wildman–Crippen MR) is 129 cm³/mol. The maximum absolute atomic E-state index is 12.2. The van der Waals surface area contributed by atoms with Crippen molar-refractivity contribution in [2.24, 2.45) is 46.3 Å². The number of fused-ring (bicyclic) bond motifs is 5. The van der Waals surface area contributed by atoms with Gasteiger partial charge in [0.05, 0.1) is 6.10 Å². The Balaban J connectivity index is 1.64. The number of carbonyl (C=O) groups is 3. The van der Waals surface area contributed by atoms with E-state index in [-0.39, 0.29) is 76.9 Å². The summed E-state index contributed by atoms with van der Waals surface area (Å²) in [5.74, 6) is 0.128. The van der Waals surface area contributed by atoms with E-state index in [1.54, 1.807) is 0 Å². The monoisotopic (exact) mass is 492 g/mol. The molecule has 0 unspecified atom stereocenters. The summed E-state index contributed by atoms with van der Waals surface area (Å²) in [6, 6.07) is 0. The second-order valence-electron chi connectivity index (χ2n) is 12.6. The number of rotatable bonds is 6. The Hall–Kier alpha value is -1.63. The molecule has 0 radical (unpaired) electrons. The van der Waals surface area contributed by atoms with E-state index in [9.17, 15) is 24.6 Å². The van der Waals surface area contributed by atoms with Gasteiger partial charge in [-0.2, -0.15) is 0 Å². The molecule has 4 aliphatic rings. The molecule has 0 aromatic carbocycles. The number of carboxylic acids is 1. The first kappa shape index (κ1) is 26.4. The van der Waals surface area contributed by atoms with Gasteiger partial charge in [-0.3, -0.25) is 14.4 Å². The summed E-state index contributed by atoms with van der Waals surface area (Å²) in [6.07, 6.45) is 5.99. The molecule has 4 aliphatic carbocycles. The summed E-state index contributed by atoms with van der Waals surface area (Å²) >= 11 is 0. The molecule has 7 heteroatoms. The van der Waals surface area contributed by atoms with E-state index in [4.69, 9.17) is 9.47 Å². The van der Waals surface area contributed by atoms with Crippen LogP contribution in [0, 0.1) is 46.3 Å². The Morgan fingerprint density at radius 2 is 1.66 bits per heavy atom. The molecule has 0 spiro atoms. The lowest BCUT2D eigenvalue weighted by Crippen LogP contribution is -2.63. The van der Waals surface area contributed by atoms with Gasteiger partial charge in [0.2, 0.25) is 0 Å². The van der Waals surface area contributed by atoms with Crippen LogP contribution < -0.4 is 0 Å². The summed E-state index contributed by atoms with van der Waals surface area (Å²) in [5, 5.41) is 20.9. The van der Waals surface area contributed by atoms with Crippen molar-refractivity contribution in [3.8, 4) is 0 Å². The van der Waals surface area contributed by atoms with Crippen molar-refractivity contribution in [2.75, 3.05) is 0 Å². The van der Waals surface area contributed by atoms with Crippen molar-refractivity contribution < 1.29 is 34.1 Å². The molecule has 0 aliphatic heterocycles. The minimum absolute atomic E-state index is 0.00723. The average molecular weight is 493 g/mol. The van der Waals surface area contributed by atoms with Gasteiger partial charge < -0.3 is 19.7 Å². The molecule has 0 bridgehead atoms. The highest BCUT2D eigenvalue weighted by Crippen LogP contribution is 2.68. The summed E-state index contributed by atoms with van der Waals surface area (Å²) in [7, 11) is 0. The van der Waals surface area contributed by atoms with E-state index in [1.807, 2.05) is 0 Å². The van der Waals surface area contributed by atoms with Crippen LogP contribution in [-0.2, 0) is 23.9 Å². The first-order valence-corrected chi connectivity index (χ1v) is 13.6. The number of carboxylic acid groups (broad SMARTS) is 1. The molecular weight excluding hydrogens is 448 g/mol. The van der Waals surface area contributed by atoms with Gasteiger partial charge in [0.25, 0.3) is 0 Å². The molecule has 7 nitrogen and oxygen atoms in total. The fourth-order valence-electron chi connectivity index (χ4n) is 9.32. The van der Waals surface area contributed by atoms with Gasteiger partial charge in [-0.15, -0.1) is 0 Å². The topological polar surface area (TPSA) is 110 Å². The SMILES string of the molecule is CC(=O)O[C@@H]1CC[C@]2(C)[C@H](C1)C[C@@H](OC(C)=O)[C@H]1[C@H]3CC[C@@H]([C@@H](C)CCC(=O)O)[C@@]3(C)[C@@H](O)C[C@@H]12. The third-order valence-electron chi connectivity index (χ3n) is 10.9. The van der Waals surface area contributed by atoms with E-state index in [0.29, 0.717) is 12.8 Å². The number of aliphatic carboxylic acids is 1. The van der Waals surface area contributed by atoms with Gasteiger partial charge >= 0.3 is 17.9 Å². The van der Waals surface area contributed by atoms with Crippen LogP contribution in [0.25, 0.3) is 0 Å². The average Bonchev–Trinajstić information content (AvgIpc) is 3.11. The predicted octanol–water partition coefficient (Wildman–Crippen LogP) is 4.59. The Morgan fingerprint density at radius 3 is 2.29 bits per heavy atom. The van der Waals surface area contributed by atoms with Crippen LogP contribution in [0.4, 0.5) is 0 Å². The van der Waals surface area contributed by atoms with Gasteiger partial charge in [0, 0.05) is 26.2 Å². The van der Waals surface area contributed by atoms with Crippen LogP contribution in [0.1, 0.15) is 92.4 Å². The summed E-state index contributed by atoms with van der Waals surface area (Å²) < 4.78 is 11.6. The number of hydrogen-bond donors (Lipinski definition) is 2. The molecule has 198 valence electrons. The van der Waals surface area contributed by atoms with Gasteiger partial charge in [-0.1, -0.05) is 20.8 Å². The maximum Gasteiger partial charge on any atom is 0.303 e. The Morgan fingerprint density at radius 1 is 0.971 bits per heavy atom. The normalized spacial score (nSPS) is 45.4. The van der Waals surface area contributed by atoms with Crippen molar-refractivity contribution in [3.63, 3.8) is 0 Å². The lowest BCUT2D eigenvalue weighted by atomic mass is 9.43. The van der Waals surface area contributed by atoms with Crippen LogP contribution in [0.5, 0.6) is 0 Å². The highest BCUT2D eigenvalue weighted by Gasteiger charge is 2.66. The first-order valence-electron chi connectivity index (χ1n) is 13.6. The molecule has 0 amide bonds. The fraction of sp³-hybridized carbons (Fsp3) is 0.893. The lowest BCUT2D eigenvalue weighted by Gasteiger charge is -2.64. The molecule has 4 fully saturated rings. The highest BCUT2D eigenvalue weighted by molar-refractivity contribution is 5.67. The molecule has 0 aromatic rings. The molecule has 0 saturated heterocycles. The Labute approximate surface area is 209 Å². The second-order valence-corrected chi connectivity index (χ2v) is 12.6. The fourth-order valence-corrected chi connectivity index (χ4v) is 9.32. The van der Waals surface area contributed by atoms with Crippen LogP contribution in [0.2, 0.25) is 0 Å². The van der Waals surface area contributed by atoms with Crippen molar-refractivity contribution >= 4 is 17.9 Å². The first-order chi connectivity index (χ1) is 16.4. The quantitative estimate of drug-likeness (QED) is 0.522. The molecule has 4 rings (SSSR count). The van der Waals surface area contributed by atoms with Gasteiger partial charge in [0.15, 0.2) is 0 Å². The molecule has 2 N–H and O–H groups in total. The number of ether oxygens (including phenoxy) is 2. The van der Waals surface area contributed by atoms with Crippen LogP contribution in [-0.4, -0.2) is 46.4 Å². The van der Waals surface area contributed by atoms with E-state index >= 15 is 0 Å². The second kappa shape index (κ2) is 9.68. The number of aliphatic hydroxyl groups excluding tert-OH is 1. The van der Waals surface area contributed by atoms with Gasteiger partial charge in [0.1, 0.15) is 12.2 Å². The maximum atomic E-state index is 12.2. The van der Waals surface area contributed by atoms with Gasteiger partial charge in [-0.05, 0) is 91.8 Å². The zero-order valence-corrected chi connectivity index (χ0v) is 22.0. The molecule has 11 atom stereocenters. The van der Waals surface area contributed by atoms with E-state index < -0.39 is 12.1 Å². The van der Waals surface area contributed by atoms with Crippen molar-refractivity contribution in [1.29, 1.82) is 0 Å². The van der Waals surface area contributed by atoms with Crippen LogP contribution >= 0.6 is 0 Å². The minimum atomic E-state index is -0.772. The van der Waals surface area contributed by atoms with Crippen molar-refractivity contribution in [2.45, 2.75) is 111 Å². The van der Waals surface area contributed by atoms with Crippen molar-refractivity contribution in [1.82, 2.24) is 0 Å². The zero-order chi connectivity index (χ0) is 25.7. The molecule has 0 heterocycles. The van der Waals surface area contributed by atoms with Crippen LogP contribution in [0.15, 0.2) is 0 Å². The summed E-state index contributed by atoms with van der Waals surface area (Å²) in [4.78, 5) is 35.0. The molecule has 0 aromatic heterocycles. The van der Waals surface area contributed by atoms with E-state index in [2.05, 4.69) is 20.8 Å². The van der Waals surface area contributed by atoms with Crippen molar-refractivity contribution in [3.05, 3.63) is 0 Å². The summed E-state index contributed by atoms with van der Waals surface area (Å²) in [5.41, 5.74) is -0.303. The standard InChI is InChI=1S/C28H44O7/c1-15(6-9-25(32)33)20-7-8-21-26-22(14-24(31)28(20,21)5)27(4)11-10-19(34-16(2)29)12-18(27)13-23(26)35-17(3)30/h15,18-24,26,31H,6-14H2,1-5H3,(H,32,33)/t15-,18+,19+,20-,21+,22-,23+,24-,26-,27+,28+/m0/s1. The zero-order valence-electron chi connectivity index (χ0n) is 22.0. The number of aliphatic hydroxyl groups is 1. The molecular formula is C28H44O7. The highest BCUT2D eigenvalue weighted by atomic mass is 16.5. The van der Waals surface area contributed by atoms with Gasteiger partial charge in [-0.25, -0.2) is 0 Å². The Bertz CT molecular complexity index is 841. The number of esters is 2. The summed E-state index contributed by atoms with van der Waals surface area (Å²) in [6.45, 7) is 9.63. The van der Waals surface area contributed by atoms with E-state index in [1.165, 1.54) is 13.8 Å². The lowest BCUT2D eigenvalue weighted by molar-refractivity contribution is -0.218. The molecule has 4 saturated carbocycles. The molecule has 35 heavy (non-hydrogen) atoms. The third kappa shape index (κ3) is 4.62. The Kier molecular flexibility index (Phi) is 7.31. The minimum Gasteiger partial charge on any atom is -0.481 e. The largest absolute Gasteiger partial charge is 0.481 e. The number of hydrogen-bond acceptors (Lipinski definition) is 6. The van der Waals surface area contributed by atoms with E-state index in [0.717, 1.165) is 38.5 Å². The number of carbonyl (C=O) groups excluding carboxylic acids is 2. The smallest absolute Gasteiger partial charge is 0.303 e.